The summed E-state index contributed by atoms with van der Waals surface area (Å²) in [6.07, 6.45) is 5.04. The van der Waals surface area contributed by atoms with Gasteiger partial charge in [-0.3, -0.25) is 4.98 Å². The summed E-state index contributed by atoms with van der Waals surface area (Å²) in [7, 11) is 0. The maximum absolute atomic E-state index is 5.63. The van der Waals surface area contributed by atoms with E-state index in [2.05, 4.69) is 41.2 Å². The molecule has 0 fully saturated rings. The summed E-state index contributed by atoms with van der Waals surface area (Å²) >= 11 is 0. The topological polar surface area (TPSA) is 54.7 Å². The highest BCUT2D eigenvalue weighted by Crippen LogP contribution is 2.31. The minimum atomic E-state index is 0.750. The lowest BCUT2D eigenvalue weighted by molar-refractivity contribution is 0.748. The molecular formula is C18H21N3. The van der Waals surface area contributed by atoms with E-state index in [-0.39, 0.29) is 0 Å². The van der Waals surface area contributed by atoms with Crippen LogP contribution in [-0.4, -0.2) is 16.5 Å². The Balaban J connectivity index is 2.11. The molecule has 3 rings (SSSR count). The number of unbranched alkanes of at least 4 members (excludes halogenated alkanes) is 1. The van der Waals surface area contributed by atoms with Crippen molar-refractivity contribution in [2.45, 2.75) is 26.2 Å². The molecule has 0 aliphatic heterocycles. The van der Waals surface area contributed by atoms with Gasteiger partial charge in [-0.05, 0) is 62.6 Å². The Kier molecular flexibility index (Phi) is 4.02. The number of benzene rings is 1. The van der Waals surface area contributed by atoms with E-state index < -0.39 is 0 Å². The number of aromatic amines is 1. The smallest absolute Gasteiger partial charge is 0.0867 e. The minimum absolute atomic E-state index is 0.750. The largest absolute Gasteiger partial charge is 0.353 e. The first-order valence-corrected chi connectivity index (χ1v) is 7.52. The molecule has 0 radical (unpaired) electrons. The van der Waals surface area contributed by atoms with Crippen LogP contribution in [0.4, 0.5) is 0 Å². The molecule has 0 atom stereocenters. The fourth-order valence-electron chi connectivity index (χ4n) is 2.80. The molecule has 0 bridgehead atoms. The van der Waals surface area contributed by atoms with Gasteiger partial charge in [0.25, 0.3) is 0 Å². The number of aromatic nitrogens is 2. The third kappa shape index (κ3) is 2.83. The van der Waals surface area contributed by atoms with E-state index in [9.17, 15) is 0 Å². The molecule has 2 aromatic heterocycles. The van der Waals surface area contributed by atoms with E-state index in [1.54, 1.807) is 0 Å². The summed E-state index contributed by atoms with van der Waals surface area (Å²) in [5.74, 6) is 0. The maximum atomic E-state index is 5.63. The standard InChI is InChI=1S/C18H21N3/c1-13-8-9-16-15(12-13)14(6-2-4-10-19)18(21-16)17-7-3-5-11-20-17/h3,5,7-9,11-12,21H,2,4,6,10,19H2,1H3. The van der Waals surface area contributed by atoms with Crippen molar-refractivity contribution in [1.82, 2.24) is 9.97 Å². The molecule has 0 aliphatic rings. The Bertz CT molecular complexity index is 729. The van der Waals surface area contributed by atoms with Crippen LogP contribution in [0.15, 0.2) is 42.6 Å². The monoisotopic (exact) mass is 279 g/mol. The number of pyridine rings is 1. The molecule has 21 heavy (non-hydrogen) atoms. The predicted molar refractivity (Wildman–Crippen MR) is 88.3 cm³/mol. The molecule has 3 aromatic rings. The molecule has 108 valence electrons. The lowest BCUT2D eigenvalue weighted by Crippen LogP contribution is -1.99. The van der Waals surface area contributed by atoms with Crippen molar-refractivity contribution in [3.05, 3.63) is 53.7 Å². The highest BCUT2D eigenvalue weighted by Gasteiger charge is 2.13. The highest BCUT2D eigenvalue weighted by atomic mass is 14.8. The number of H-pyrrole nitrogens is 1. The molecular weight excluding hydrogens is 258 g/mol. The van der Waals surface area contributed by atoms with Crippen LogP contribution >= 0.6 is 0 Å². The Morgan fingerprint density at radius 3 is 2.81 bits per heavy atom. The molecule has 3 heteroatoms. The lowest BCUT2D eigenvalue weighted by Gasteiger charge is -2.04. The summed E-state index contributed by atoms with van der Waals surface area (Å²) in [4.78, 5) is 8.04. The molecule has 0 spiro atoms. The molecule has 0 unspecified atom stereocenters. The average Bonchev–Trinajstić information content (AvgIpc) is 2.87. The first-order chi connectivity index (χ1) is 10.3. The van der Waals surface area contributed by atoms with Crippen LogP contribution in [0.3, 0.4) is 0 Å². The van der Waals surface area contributed by atoms with Gasteiger partial charge in [0.05, 0.1) is 11.4 Å². The summed E-state index contributed by atoms with van der Waals surface area (Å²) in [6, 6.07) is 12.6. The molecule has 2 heterocycles. The summed E-state index contributed by atoms with van der Waals surface area (Å²) in [5.41, 5.74) is 11.6. The second kappa shape index (κ2) is 6.10. The van der Waals surface area contributed by atoms with E-state index in [1.165, 1.54) is 22.0 Å². The van der Waals surface area contributed by atoms with Crippen LogP contribution in [0, 0.1) is 6.92 Å². The predicted octanol–water partition coefficient (Wildman–Crippen LogP) is 3.82. The van der Waals surface area contributed by atoms with E-state index in [1.807, 2.05) is 18.3 Å². The lowest BCUT2D eigenvalue weighted by atomic mass is 10.0. The van der Waals surface area contributed by atoms with Crippen LogP contribution in [0.25, 0.3) is 22.3 Å². The molecule has 0 aliphatic carbocycles. The SMILES string of the molecule is Cc1ccc2[nH]c(-c3ccccn3)c(CCCCN)c2c1. The van der Waals surface area contributed by atoms with Crippen molar-refractivity contribution in [2.24, 2.45) is 5.73 Å². The van der Waals surface area contributed by atoms with Crippen LogP contribution in [-0.2, 0) is 6.42 Å². The molecule has 0 saturated carbocycles. The third-order valence-corrected chi connectivity index (χ3v) is 3.86. The van der Waals surface area contributed by atoms with Crippen molar-refractivity contribution in [1.29, 1.82) is 0 Å². The zero-order chi connectivity index (χ0) is 14.7. The fourth-order valence-corrected chi connectivity index (χ4v) is 2.80. The normalized spacial score (nSPS) is 11.1. The van der Waals surface area contributed by atoms with Crippen LogP contribution in [0.1, 0.15) is 24.0 Å². The number of nitrogens with two attached hydrogens (primary N) is 1. The Labute approximate surface area is 125 Å². The summed E-state index contributed by atoms with van der Waals surface area (Å²) in [6.45, 7) is 2.89. The van der Waals surface area contributed by atoms with Crippen molar-refractivity contribution in [3.8, 4) is 11.4 Å². The fraction of sp³-hybridized carbons (Fsp3) is 0.278. The van der Waals surface area contributed by atoms with Crippen LogP contribution < -0.4 is 5.73 Å². The van der Waals surface area contributed by atoms with E-state index in [0.29, 0.717) is 0 Å². The quantitative estimate of drug-likeness (QED) is 0.698. The number of rotatable bonds is 5. The number of fused-ring (bicyclic) bond motifs is 1. The highest BCUT2D eigenvalue weighted by molar-refractivity contribution is 5.90. The maximum Gasteiger partial charge on any atom is 0.0867 e. The van der Waals surface area contributed by atoms with Crippen molar-refractivity contribution < 1.29 is 0 Å². The van der Waals surface area contributed by atoms with Gasteiger partial charge in [-0.25, -0.2) is 0 Å². The molecule has 3 N–H and O–H groups in total. The third-order valence-electron chi connectivity index (χ3n) is 3.86. The van der Waals surface area contributed by atoms with Crippen LogP contribution in [0.2, 0.25) is 0 Å². The number of aryl methyl sites for hydroxylation is 2. The van der Waals surface area contributed by atoms with E-state index >= 15 is 0 Å². The van der Waals surface area contributed by atoms with E-state index in [4.69, 9.17) is 5.73 Å². The molecule has 3 nitrogen and oxygen atoms in total. The minimum Gasteiger partial charge on any atom is -0.353 e. The average molecular weight is 279 g/mol. The Hall–Kier alpha value is -2.13. The van der Waals surface area contributed by atoms with Crippen molar-refractivity contribution in [2.75, 3.05) is 6.54 Å². The summed E-state index contributed by atoms with van der Waals surface area (Å²) < 4.78 is 0. The Morgan fingerprint density at radius 2 is 2.05 bits per heavy atom. The zero-order valence-electron chi connectivity index (χ0n) is 12.4. The second-order valence-corrected chi connectivity index (χ2v) is 5.49. The summed E-state index contributed by atoms with van der Waals surface area (Å²) in [5, 5.41) is 1.31. The molecule has 1 aromatic carbocycles. The van der Waals surface area contributed by atoms with Gasteiger partial charge < -0.3 is 10.7 Å². The van der Waals surface area contributed by atoms with Gasteiger partial charge in [0, 0.05) is 17.1 Å². The van der Waals surface area contributed by atoms with Gasteiger partial charge >= 0.3 is 0 Å². The first-order valence-electron chi connectivity index (χ1n) is 7.52. The van der Waals surface area contributed by atoms with Gasteiger partial charge in [0.2, 0.25) is 0 Å². The zero-order valence-corrected chi connectivity index (χ0v) is 12.4. The van der Waals surface area contributed by atoms with Gasteiger partial charge in [-0.2, -0.15) is 0 Å². The van der Waals surface area contributed by atoms with Gasteiger partial charge in [0.15, 0.2) is 0 Å². The number of hydrogen-bond donors (Lipinski definition) is 2. The van der Waals surface area contributed by atoms with Gasteiger partial charge in [-0.15, -0.1) is 0 Å². The molecule has 0 amide bonds. The van der Waals surface area contributed by atoms with E-state index in [0.717, 1.165) is 37.2 Å². The number of nitrogens with zero attached hydrogens (tertiary/aromatic N) is 1. The van der Waals surface area contributed by atoms with Gasteiger partial charge in [-0.1, -0.05) is 17.7 Å². The van der Waals surface area contributed by atoms with Crippen molar-refractivity contribution in [3.63, 3.8) is 0 Å². The van der Waals surface area contributed by atoms with Crippen LogP contribution in [0.5, 0.6) is 0 Å². The van der Waals surface area contributed by atoms with Gasteiger partial charge in [0.1, 0.15) is 0 Å². The molecule has 0 saturated heterocycles. The number of nitrogens with one attached hydrogen (secondary N) is 1. The van der Waals surface area contributed by atoms with Crippen molar-refractivity contribution >= 4 is 10.9 Å². The first kappa shape index (κ1) is 13.8. The number of hydrogen-bond acceptors (Lipinski definition) is 2. The Morgan fingerprint density at radius 1 is 1.14 bits per heavy atom. The second-order valence-electron chi connectivity index (χ2n) is 5.49.